The molecule has 0 N–H and O–H groups in total. The molecule has 0 saturated heterocycles. The molecule has 4 rings (SSSR count). The number of rotatable bonds is 8. The second-order valence-corrected chi connectivity index (χ2v) is 6.53. The SMILES string of the molecule is c1ccc(CCN(Cc2ccccc2)Cc2nc(-c3cnccn3)no2)cc1. The van der Waals surface area contributed by atoms with Gasteiger partial charge in [0.05, 0.1) is 12.7 Å². The highest BCUT2D eigenvalue weighted by atomic mass is 16.5. The van der Waals surface area contributed by atoms with Crippen molar-refractivity contribution < 1.29 is 4.52 Å². The van der Waals surface area contributed by atoms with Gasteiger partial charge in [-0.1, -0.05) is 65.8 Å². The Bertz CT molecular complexity index is 974. The highest BCUT2D eigenvalue weighted by Gasteiger charge is 2.14. The largest absolute Gasteiger partial charge is 0.337 e. The average Bonchev–Trinajstić information content (AvgIpc) is 3.23. The van der Waals surface area contributed by atoms with Gasteiger partial charge in [0.2, 0.25) is 11.7 Å². The maximum Gasteiger partial charge on any atom is 0.241 e. The van der Waals surface area contributed by atoms with Gasteiger partial charge in [-0.05, 0) is 17.5 Å². The topological polar surface area (TPSA) is 67.9 Å². The molecule has 6 heteroatoms. The van der Waals surface area contributed by atoms with Gasteiger partial charge in [-0.3, -0.25) is 9.88 Å². The van der Waals surface area contributed by atoms with Crippen LogP contribution in [0.3, 0.4) is 0 Å². The fourth-order valence-electron chi connectivity index (χ4n) is 3.02. The Labute approximate surface area is 163 Å². The maximum absolute atomic E-state index is 5.47. The van der Waals surface area contributed by atoms with Gasteiger partial charge in [0.15, 0.2) is 0 Å². The Morgan fingerprint density at radius 1 is 0.821 bits per heavy atom. The molecule has 4 aromatic rings. The van der Waals surface area contributed by atoms with Crippen molar-refractivity contribution in [2.45, 2.75) is 19.5 Å². The first-order valence-electron chi connectivity index (χ1n) is 9.26. The van der Waals surface area contributed by atoms with Crippen molar-refractivity contribution in [3.05, 3.63) is 96.3 Å². The monoisotopic (exact) mass is 371 g/mol. The zero-order chi connectivity index (χ0) is 19.0. The molecule has 2 aromatic heterocycles. The van der Waals surface area contributed by atoms with E-state index in [1.165, 1.54) is 11.1 Å². The van der Waals surface area contributed by atoms with E-state index in [1.807, 2.05) is 12.1 Å². The summed E-state index contributed by atoms with van der Waals surface area (Å²) in [5.74, 6) is 1.04. The van der Waals surface area contributed by atoms with Gasteiger partial charge >= 0.3 is 0 Å². The Balaban J connectivity index is 1.47. The summed E-state index contributed by atoms with van der Waals surface area (Å²) in [6.45, 7) is 2.29. The van der Waals surface area contributed by atoms with Gasteiger partial charge in [-0.25, -0.2) is 4.98 Å². The lowest BCUT2D eigenvalue weighted by molar-refractivity contribution is 0.221. The first-order valence-corrected chi connectivity index (χ1v) is 9.26. The summed E-state index contributed by atoms with van der Waals surface area (Å²) in [5, 5.41) is 4.05. The van der Waals surface area contributed by atoms with E-state index in [0.717, 1.165) is 19.5 Å². The van der Waals surface area contributed by atoms with Crippen molar-refractivity contribution in [1.82, 2.24) is 25.0 Å². The molecule has 0 aliphatic carbocycles. The van der Waals surface area contributed by atoms with Crippen molar-refractivity contribution in [2.24, 2.45) is 0 Å². The zero-order valence-electron chi connectivity index (χ0n) is 15.5. The number of hydrogen-bond acceptors (Lipinski definition) is 6. The zero-order valence-corrected chi connectivity index (χ0v) is 15.5. The van der Waals surface area contributed by atoms with Gasteiger partial charge in [0.25, 0.3) is 0 Å². The third-order valence-corrected chi connectivity index (χ3v) is 4.43. The number of hydrogen-bond donors (Lipinski definition) is 0. The Morgan fingerprint density at radius 3 is 2.29 bits per heavy atom. The van der Waals surface area contributed by atoms with Gasteiger partial charge in [0, 0.05) is 25.5 Å². The van der Waals surface area contributed by atoms with E-state index in [-0.39, 0.29) is 0 Å². The molecule has 28 heavy (non-hydrogen) atoms. The molecule has 0 fully saturated rings. The molecule has 0 aliphatic heterocycles. The van der Waals surface area contributed by atoms with E-state index in [2.05, 4.69) is 73.5 Å². The Kier molecular flexibility index (Phi) is 5.80. The fraction of sp³-hybridized carbons (Fsp3) is 0.182. The lowest BCUT2D eigenvalue weighted by Gasteiger charge is -2.20. The molecule has 2 heterocycles. The highest BCUT2D eigenvalue weighted by molar-refractivity contribution is 5.45. The standard InChI is InChI=1S/C22H21N5O/c1-3-7-18(8-4-1)11-14-27(16-19-9-5-2-6-10-19)17-21-25-22(26-28-21)20-15-23-12-13-24-20/h1-10,12-13,15H,11,14,16-17H2. The third-order valence-electron chi connectivity index (χ3n) is 4.43. The molecule has 0 amide bonds. The second kappa shape index (κ2) is 9.01. The van der Waals surface area contributed by atoms with Crippen molar-refractivity contribution in [3.63, 3.8) is 0 Å². The second-order valence-electron chi connectivity index (χ2n) is 6.53. The maximum atomic E-state index is 5.47. The van der Waals surface area contributed by atoms with Crippen molar-refractivity contribution >= 4 is 0 Å². The molecule has 0 radical (unpaired) electrons. The van der Waals surface area contributed by atoms with E-state index in [1.54, 1.807) is 18.6 Å². The van der Waals surface area contributed by atoms with Crippen LogP contribution >= 0.6 is 0 Å². The molecule has 6 nitrogen and oxygen atoms in total. The highest BCUT2D eigenvalue weighted by Crippen LogP contribution is 2.14. The number of aromatic nitrogens is 4. The van der Waals surface area contributed by atoms with Crippen LogP contribution < -0.4 is 0 Å². The van der Waals surface area contributed by atoms with E-state index >= 15 is 0 Å². The van der Waals surface area contributed by atoms with Crippen LogP contribution in [-0.4, -0.2) is 31.6 Å². The Morgan fingerprint density at radius 2 is 1.57 bits per heavy atom. The van der Waals surface area contributed by atoms with Gasteiger partial charge < -0.3 is 4.52 Å². The number of nitrogens with zero attached hydrogens (tertiary/aromatic N) is 5. The van der Waals surface area contributed by atoms with Crippen LogP contribution in [-0.2, 0) is 19.5 Å². The molecule has 2 aromatic carbocycles. The molecule has 0 unspecified atom stereocenters. The Hall–Kier alpha value is -3.38. The first-order chi connectivity index (χ1) is 13.9. The quantitative estimate of drug-likeness (QED) is 0.470. The van der Waals surface area contributed by atoms with Crippen LogP contribution in [0.1, 0.15) is 17.0 Å². The van der Waals surface area contributed by atoms with Crippen LogP contribution in [0, 0.1) is 0 Å². The lowest BCUT2D eigenvalue weighted by atomic mass is 10.1. The number of benzene rings is 2. The summed E-state index contributed by atoms with van der Waals surface area (Å²) in [5.41, 5.74) is 3.17. The molecule has 0 saturated carbocycles. The van der Waals surface area contributed by atoms with Crippen LogP contribution in [0.2, 0.25) is 0 Å². The molecule has 0 bridgehead atoms. The minimum Gasteiger partial charge on any atom is -0.337 e. The lowest BCUT2D eigenvalue weighted by Crippen LogP contribution is -2.25. The van der Waals surface area contributed by atoms with Crippen LogP contribution in [0.5, 0.6) is 0 Å². The van der Waals surface area contributed by atoms with Crippen molar-refractivity contribution in [1.29, 1.82) is 0 Å². The van der Waals surface area contributed by atoms with Crippen molar-refractivity contribution in [3.8, 4) is 11.5 Å². The summed E-state index contributed by atoms with van der Waals surface area (Å²) in [6.07, 6.45) is 5.83. The van der Waals surface area contributed by atoms with Crippen molar-refractivity contribution in [2.75, 3.05) is 6.54 Å². The average molecular weight is 371 g/mol. The van der Waals surface area contributed by atoms with Crippen LogP contribution in [0.25, 0.3) is 11.5 Å². The van der Waals surface area contributed by atoms with E-state index < -0.39 is 0 Å². The summed E-state index contributed by atoms with van der Waals surface area (Å²) >= 11 is 0. The molecular formula is C22H21N5O. The van der Waals surface area contributed by atoms with E-state index in [9.17, 15) is 0 Å². The van der Waals surface area contributed by atoms with Gasteiger partial charge in [0.1, 0.15) is 5.69 Å². The predicted octanol–water partition coefficient (Wildman–Crippen LogP) is 3.77. The normalized spacial score (nSPS) is 11.0. The fourth-order valence-corrected chi connectivity index (χ4v) is 3.02. The summed E-state index contributed by atoms with van der Waals surface area (Å²) in [7, 11) is 0. The van der Waals surface area contributed by atoms with E-state index in [4.69, 9.17) is 4.52 Å². The van der Waals surface area contributed by atoms with Crippen LogP contribution in [0.15, 0.2) is 83.8 Å². The summed E-state index contributed by atoms with van der Waals surface area (Å²) in [4.78, 5) is 15.1. The van der Waals surface area contributed by atoms with Gasteiger partial charge in [-0.15, -0.1) is 0 Å². The third kappa shape index (κ3) is 4.86. The summed E-state index contributed by atoms with van der Waals surface area (Å²) < 4.78 is 5.47. The minimum atomic E-state index is 0.464. The molecule has 0 spiro atoms. The molecule has 0 aliphatic rings. The molecule has 0 atom stereocenters. The molecule has 140 valence electrons. The molecular weight excluding hydrogens is 350 g/mol. The first kappa shape index (κ1) is 18.0. The smallest absolute Gasteiger partial charge is 0.241 e. The van der Waals surface area contributed by atoms with Gasteiger partial charge in [-0.2, -0.15) is 4.98 Å². The minimum absolute atomic E-state index is 0.464. The van der Waals surface area contributed by atoms with Crippen LogP contribution in [0.4, 0.5) is 0 Å². The predicted molar refractivity (Wildman–Crippen MR) is 106 cm³/mol. The van der Waals surface area contributed by atoms with E-state index in [0.29, 0.717) is 24.0 Å². The summed E-state index contributed by atoms with van der Waals surface area (Å²) in [6, 6.07) is 20.9.